The van der Waals surface area contributed by atoms with E-state index in [1.807, 2.05) is 0 Å². The molecule has 0 N–H and O–H groups in total. The van der Waals surface area contributed by atoms with Crippen LogP contribution in [-0.2, 0) is 0 Å². The summed E-state index contributed by atoms with van der Waals surface area (Å²) in [5.41, 5.74) is 4.36. The molecule has 0 spiro atoms. The first-order valence-electron chi connectivity index (χ1n) is 6.47. The van der Waals surface area contributed by atoms with Gasteiger partial charge in [-0.25, -0.2) is 0 Å². The van der Waals surface area contributed by atoms with Gasteiger partial charge in [0.2, 0.25) is 0 Å². The lowest BCUT2D eigenvalue weighted by Gasteiger charge is -2.38. The van der Waals surface area contributed by atoms with Crippen molar-refractivity contribution in [3.63, 3.8) is 0 Å². The van der Waals surface area contributed by atoms with Gasteiger partial charge in [-0.3, -0.25) is 4.99 Å². The summed E-state index contributed by atoms with van der Waals surface area (Å²) in [6.07, 6.45) is 3.39. The molecule has 1 aromatic carbocycles. The minimum atomic E-state index is 0.533. The Morgan fingerprint density at radius 2 is 2.24 bits per heavy atom. The van der Waals surface area contributed by atoms with E-state index in [-0.39, 0.29) is 0 Å². The Morgan fingerprint density at radius 1 is 1.29 bits per heavy atom. The number of hydrogen-bond donors (Lipinski definition) is 0. The highest BCUT2D eigenvalue weighted by Gasteiger charge is 2.41. The third kappa shape index (κ3) is 1.14. The lowest BCUT2D eigenvalue weighted by Crippen LogP contribution is -2.44. The molecule has 1 aromatic rings. The fraction of sp³-hybridized carbons (Fsp3) is 0.500. The molecule has 0 saturated carbocycles. The van der Waals surface area contributed by atoms with Gasteiger partial charge in [0.15, 0.2) is 0 Å². The zero-order valence-electron chi connectivity index (χ0n) is 10.1. The molecule has 2 atom stereocenters. The minimum Gasteiger partial charge on any atom is -0.371 e. The largest absolute Gasteiger partial charge is 0.371 e. The molecule has 0 aromatic heterocycles. The molecule has 88 valence electrons. The lowest BCUT2D eigenvalue weighted by atomic mass is 9.92. The van der Waals surface area contributed by atoms with Gasteiger partial charge in [-0.05, 0) is 18.1 Å². The van der Waals surface area contributed by atoms with Crippen molar-refractivity contribution >= 4 is 17.6 Å². The third-order valence-electron chi connectivity index (χ3n) is 4.41. The van der Waals surface area contributed by atoms with Crippen molar-refractivity contribution in [3.8, 4) is 0 Å². The molecule has 4 rings (SSSR count). The number of nitrogens with zero attached hydrogens (tertiary/aromatic N) is 3. The number of hydrogen-bond acceptors (Lipinski definition) is 3. The van der Waals surface area contributed by atoms with Gasteiger partial charge in [-0.1, -0.05) is 12.1 Å². The van der Waals surface area contributed by atoms with Crippen LogP contribution in [0, 0.1) is 0 Å². The van der Waals surface area contributed by atoms with E-state index in [1.54, 1.807) is 0 Å². The second kappa shape index (κ2) is 3.25. The summed E-state index contributed by atoms with van der Waals surface area (Å²) in [4.78, 5) is 9.50. The summed E-state index contributed by atoms with van der Waals surface area (Å²) >= 11 is 0. The van der Waals surface area contributed by atoms with E-state index in [9.17, 15) is 0 Å². The first-order chi connectivity index (χ1) is 8.36. The van der Waals surface area contributed by atoms with Gasteiger partial charge >= 0.3 is 0 Å². The monoisotopic (exact) mass is 227 g/mol. The van der Waals surface area contributed by atoms with Crippen LogP contribution in [0.4, 0.5) is 11.4 Å². The van der Waals surface area contributed by atoms with E-state index in [4.69, 9.17) is 0 Å². The first kappa shape index (κ1) is 9.51. The molecule has 0 bridgehead atoms. The SMILES string of the molecule is CN1CCN2c3c(cccc31)[C@H]1C=NCC[C@@H]12. The predicted octanol–water partition coefficient (Wildman–Crippen LogP) is 1.88. The van der Waals surface area contributed by atoms with Gasteiger partial charge in [0.05, 0.1) is 11.4 Å². The van der Waals surface area contributed by atoms with Crippen LogP contribution >= 0.6 is 0 Å². The average molecular weight is 227 g/mol. The Hall–Kier alpha value is -1.51. The van der Waals surface area contributed by atoms with Crippen LogP contribution in [-0.4, -0.2) is 38.9 Å². The molecule has 0 fully saturated rings. The van der Waals surface area contributed by atoms with Crippen molar-refractivity contribution < 1.29 is 0 Å². The third-order valence-corrected chi connectivity index (χ3v) is 4.41. The molecule has 17 heavy (non-hydrogen) atoms. The molecule has 0 radical (unpaired) electrons. The van der Waals surface area contributed by atoms with Crippen molar-refractivity contribution in [1.82, 2.24) is 0 Å². The highest BCUT2D eigenvalue weighted by molar-refractivity contribution is 5.87. The molecule has 0 unspecified atom stereocenters. The van der Waals surface area contributed by atoms with Gasteiger partial charge < -0.3 is 9.80 Å². The Kier molecular flexibility index (Phi) is 1.82. The fourth-order valence-corrected chi connectivity index (χ4v) is 3.57. The predicted molar refractivity (Wildman–Crippen MR) is 71.6 cm³/mol. The van der Waals surface area contributed by atoms with Gasteiger partial charge in [0.25, 0.3) is 0 Å². The summed E-state index contributed by atoms with van der Waals surface area (Å²) in [5, 5.41) is 0. The molecule has 3 nitrogen and oxygen atoms in total. The Labute approximate surface area is 102 Å². The van der Waals surface area contributed by atoms with E-state index in [0.29, 0.717) is 12.0 Å². The quantitative estimate of drug-likeness (QED) is 0.674. The number of para-hydroxylation sites is 1. The normalized spacial score (nSPS) is 29.2. The molecule has 3 heteroatoms. The average Bonchev–Trinajstić information content (AvgIpc) is 2.70. The maximum Gasteiger partial charge on any atom is 0.0647 e. The summed E-state index contributed by atoms with van der Waals surface area (Å²) in [6.45, 7) is 3.29. The smallest absolute Gasteiger partial charge is 0.0647 e. The maximum absolute atomic E-state index is 4.49. The van der Waals surface area contributed by atoms with Crippen LogP contribution < -0.4 is 9.80 Å². The molecule has 0 saturated heterocycles. The molecule has 3 aliphatic rings. The van der Waals surface area contributed by atoms with Crippen LogP contribution in [0.5, 0.6) is 0 Å². The summed E-state index contributed by atoms with van der Waals surface area (Å²) in [7, 11) is 2.20. The summed E-state index contributed by atoms with van der Waals surface area (Å²) in [5.74, 6) is 0.533. The van der Waals surface area contributed by atoms with Crippen molar-refractivity contribution in [2.24, 2.45) is 4.99 Å². The fourth-order valence-electron chi connectivity index (χ4n) is 3.57. The Balaban J connectivity index is 1.94. The van der Waals surface area contributed by atoms with Gasteiger partial charge in [0, 0.05) is 44.9 Å². The van der Waals surface area contributed by atoms with E-state index >= 15 is 0 Å². The number of benzene rings is 1. The second-order valence-electron chi connectivity index (χ2n) is 5.27. The standard InChI is InChI=1S/C14H17N3/c1-16-7-8-17-12-5-6-15-9-11(12)10-3-2-4-13(16)14(10)17/h2-4,9,11-12H,5-8H2,1H3/t11-,12+/m1/s1. The van der Waals surface area contributed by atoms with E-state index in [1.165, 1.54) is 23.4 Å². The molecule has 3 heterocycles. The van der Waals surface area contributed by atoms with Crippen LogP contribution in [0.25, 0.3) is 0 Å². The topological polar surface area (TPSA) is 18.8 Å². The number of anilines is 2. The second-order valence-corrected chi connectivity index (χ2v) is 5.27. The minimum absolute atomic E-state index is 0.533. The molecular formula is C14H17N3. The van der Waals surface area contributed by atoms with E-state index in [2.05, 4.69) is 46.3 Å². The number of rotatable bonds is 0. The van der Waals surface area contributed by atoms with Crippen LogP contribution in [0.1, 0.15) is 17.9 Å². The van der Waals surface area contributed by atoms with Crippen molar-refractivity contribution in [2.75, 3.05) is 36.5 Å². The molecule has 3 aliphatic heterocycles. The number of aliphatic imine (C=N–C) groups is 1. The van der Waals surface area contributed by atoms with Crippen molar-refractivity contribution in [1.29, 1.82) is 0 Å². The summed E-state index contributed by atoms with van der Waals surface area (Å²) < 4.78 is 0. The molecule has 0 aliphatic carbocycles. The Bertz CT molecular complexity index is 494. The molecule has 0 amide bonds. The van der Waals surface area contributed by atoms with Gasteiger partial charge in [-0.2, -0.15) is 0 Å². The maximum atomic E-state index is 4.49. The highest BCUT2D eigenvalue weighted by Crippen LogP contribution is 2.48. The number of fused-ring (bicyclic) bond motifs is 3. The first-order valence-corrected chi connectivity index (χ1v) is 6.47. The number of likely N-dealkylation sites (N-methyl/N-ethyl adjacent to an activating group) is 1. The van der Waals surface area contributed by atoms with E-state index < -0.39 is 0 Å². The Morgan fingerprint density at radius 3 is 3.18 bits per heavy atom. The van der Waals surface area contributed by atoms with Gasteiger partial charge in [0.1, 0.15) is 0 Å². The van der Waals surface area contributed by atoms with Crippen LogP contribution in [0.2, 0.25) is 0 Å². The zero-order valence-corrected chi connectivity index (χ0v) is 10.1. The zero-order chi connectivity index (χ0) is 11.4. The van der Waals surface area contributed by atoms with Crippen LogP contribution in [0.15, 0.2) is 23.2 Å². The van der Waals surface area contributed by atoms with Crippen LogP contribution in [0.3, 0.4) is 0 Å². The summed E-state index contributed by atoms with van der Waals surface area (Å²) in [6, 6.07) is 7.39. The highest BCUT2D eigenvalue weighted by atomic mass is 15.3. The van der Waals surface area contributed by atoms with Gasteiger partial charge in [-0.15, -0.1) is 0 Å². The van der Waals surface area contributed by atoms with Crippen molar-refractivity contribution in [3.05, 3.63) is 23.8 Å². The molecular weight excluding hydrogens is 210 g/mol. The van der Waals surface area contributed by atoms with Crippen molar-refractivity contribution in [2.45, 2.75) is 18.4 Å². The lowest BCUT2D eigenvalue weighted by molar-refractivity contribution is 0.543. The van der Waals surface area contributed by atoms with E-state index in [0.717, 1.165) is 19.6 Å².